The summed E-state index contributed by atoms with van der Waals surface area (Å²) in [6.45, 7) is 2.51. The lowest BCUT2D eigenvalue weighted by molar-refractivity contribution is -0.121. The molecule has 1 N–H and O–H groups in total. The number of hydrogen-bond donors (Lipinski definition) is 1. The van der Waals surface area contributed by atoms with Crippen molar-refractivity contribution in [1.82, 2.24) is 15.1 Å². The molecular weight excluding hydrogens is 321 g/mol. The number of likely N-dealkylation sites (tertiary alicyclic amines) is 1. The molecule has 2 aromatic rings. The Hall–Kier alpha value is -2.88. The van der Waals surface area contributed by atoms with Crippen LogP contribution in [0.1, 0.15) is 17.7 Å². The lowest BCUT2D eigenvalue weighted by Gasteiger charge is -2.24. The molecule has 3 heterocycles. The third-order valence-corrected chi connectivity index (χ3v) is 5.08. The second kappa shape index (κ2) is 5.88. The van der Waals surface area contributed by atoms with Gasteiger partial charge in [0.2, 0.25) is 0 Å². The number of nitrogens with zero attached hydrogens (tertiary/aromatic N) is 4. The maximum absolute atomic E-state index is 13.7. The fourth-order valence-electron chi connectivity index (χ4n) is 3.85. The van der Waals surface area contributed by atoms with Crippen molar-refractivity contribution < 1.29 is 9.18 Å². The zero-order valence-electron chi connectivity index (χ0n) is 13.9. The number of amides is 1. The third kappa shape index (κ3) is 2.45. The van der Waals surface area contributed by atoms with E-state index in [0.717, 1.165) is 34.5 Å². The molecule has 2 aliphatic rings. The molecule has 2 unspecified atom stereocenters. The predicted molar refractivity (Wildman–Crippen MR) is 90.4 cm³/mol. The van der Waals surface area contributed by atoms with E-state index in [-0.39, 0.29) is 18.9 Å². The number of aromatic nitrogens is 2. The SMILES string of the molecule is Cc1[nH]ncc1-c1cccc2c1CCN2C(=O)C1CC(F)CN1C#N. The number of aromatic amines is 1. The molecule has 128 valence electrons. The number of carbonyl (C=O) groups excluding carboxylic acids is 1. The maximum atomic E-state index is 13.7. The van der Waals surface area contributed by atoms with Gasteiger partial charge in [-0.2, -0.15) is 10.4 Å². The summed E-state index contributed by atoms with van der Waals surface area (Å²) < 4.78 is 13.7. The van der Waals surface area contributed by atoms with Gasteiger partial charge in [-0.1, -0.05) is 12.1 Å². The Kier molecular flexibility index (Phi) is 3.68. The molecule has 2 atom stereocenters. The van der Waals surface area contributed by atoms with Crippen LogP contribution in [-0.4, -0.2) is 46.3 Å². The minimum absolute atomic E-state index is 0.00184. The lowest BCUT2D eigenvalue weighted by Crippen LogP contribution is -2.43. The monoisotopic (exact) mass is 339 g/mol. The highest BCUT2D eigenvalue weighted by Crippen LogP contribution is 2.38. The van der Waals surface area contributed by atoms with E-state index in [1.165, 1.54) is 4.90 Å². The zero-order chi connectivity index (χ0) is 17.6. The first-order chi connectivity index (χ1) is 12.1. The van der Waals surface area contributed by atoms with Gasteiger partial charge in [-0.15, -0.1) is 0 Å². The average Bonchev–Trinajstić information content (AvgIpc) is 3.31. The number of nitrogens with one attached hydrogen (secondary N) is 1. The molecule has 7 heteroatoms. The molecule has 2 aliphatic heterocycles. The van der Waals surface area contributed by atoms with E-state index < -0.39 is 12.2 Å². The molecule has 0 saturated carbocycles. The van der Waals surface area contributed by atoms with Gasteiger partial charge in [0.25, 0.3) is 5.91 Å². The van der Waals surface area contributed by atoms with Crippen LogP contribution in [0, 0.1) is 18.4 Å². The van der Waals surface area contributed by atoms with Crippen LogP contribution in [-0.2, 0) is 11.2 Å². The number of alkyl halides is 1. The molecule has 0 spiro atoms. The first-order valence-electron chi connectivity index (χ1n) is 8.34. The predicted octanol–water partition coefficient (Wildman–Crippen LogP) is 2.17. The van der Waals surface area contributed by atoms with Crippen molar-refractivity contribution in [2.24, 2.45) is 0 Å². The molecule has 6 nitrogen and oxygen atoms in total. The van der Waals surface area contributed by atoms with Gasteiger partial charge >= 0.3 is 0 Å². The molecule has 0 aliphatic carbocycles. The largest absolute Gasteiger partial charge is 0.310 e. The van der Waals surface area contributed by atoms with Crippen LogP contribution in [0.4, 0.5) is 10.1 Å². The minimum Gasteiger partial charge on any atom is -0.310 e. The summed E-state index contributed by atoms with van der Waals surface area (Å²) in [5, 5.41) is 16.2. The fourth-order valence-corrected chi connectivity index (χ4v) is 3.85. The number of fused-ring (bicyclic) bond motifs is 1. The van der Waals surface area contributed by atoms with Crippen molar-refractivity contribution in [3.63, 3.8) is 0 Å². The second-order valence-corrected chi connectivity index (χ2v) is 6.55. The van der Waals surface area contributed by atoms with Gasteiger partial charge in [0.15, 0.2) is 6.19 Å². The van der Waals surface area contributed by atoms with E-state index in [2.05, 4.69) is 10.2 Å². The number of benzene rings is 1. The first kappa shape index (κ1) is 15.6. The highest BCUT2D eigenvalue weighted by Gasteiger charge is 2.40. The number of hydrogen-bond acceptors (Lipinski definition) is 4. The van der Waals surface area contributed by atoms with Crippen molar-refractivity contribution in [2.45, 2.75) is 32.0 Å². The van der Waals surface area contributed by atoms with E-state index in [0.29, 0.717) is 6.54 Å². The van der Waals surface area contributed by atoms with Gasteiger partial charge in [-0.25, -0.2) is 4.39 Å². The molecule has 0 radical (unpaired) electrons. The molecule has 1 saturated heterocycles. The van der Waals surface area contributed by atoms with Crippen molar-refractivity contribution in [1.29, 1.82) is 5.26 Å². The Labute approximate surface area is 144 Å². The highest BCUT2D eigenvalue weighted by molar-refractivity contribution is 6.00. The molecule has 0 bridgehead atoms. The summed E-state index contributed by atoms with van der Waals surface area (Å²) in [7, 11) is 0. The van der Waals surface area contributed by atoms with Crippen molar-refractivity contribution >= 4 is 11.6 Å². The van der Waals surface area contributed by atoms with Gasteiger partial charge in [-0.05, 0) is 30.5 Å². The summed E-state index contributed by atoms with van der Waals surface area (Å²) in [6.07, 6.45) is 3.43. The Morgan fingerprint density at radius 3 is 3.00 bits per heavy atom. The van der Waals surface area contributed by atoms with E-state index in [1.54, 1.807) is 11.1 Å². The molecule has 1 amide bonds. The lowest BCUT2D eigenvalue weighted by atomic mass is 9.98. The topological polar surface area (TPSA) is 76.0 Å². The molecule has 1 fully saturated rings. The first-order valence-corrected chi connectivity index (χ1v) is 8.34. The summed E-state index contributed by atoms with van der Waals surface area (Å²) in [5.74, 6) is -0.193. The molecule has 25 heavy (non-hydrogen) atoms. The minimum atomic E-state index is -1.13. The number of halogens is 1. The normalized spacial score (nSPS) is 22.1. The van der Waals surface area contributed by atoms with E-state index in [9.17, 15) is 9.18 Å². The number of rotatable bonds is 2. The number of carbonyl (C=O) groups is 1. The molecular formula is C18H18FN5O. The Morgan fingerprint density at radius 2 is 2.28 bits per heavy atom. The average molecular weight is 339 g/mol. The van der Waals surface area contributed by atoms with Gasteiger partial charge in [0.1, 0.15) is 12.2 Å². The number of nitriles is 1. The zero-order valence-corrected chi connectivity index (χ0v) is 13.9. The Bertz CT molecular complexity index is 871. The van der Waals surface area contributed by atoms with Crippen LogP contribution in [0.25, 0.3) is 11.1 Å². The van der Waals surface area contributed by atoms with Crippen LogP contribution in [0.3, 0.4) is 0 Å². The van der Waals surface area contributed by atoms with Crippen molar-refractivity contribution in [3.05, 3.63) is 35.7 Å². The third-order valence-electron chi connectivity index (χ3n) is 5.08. The summed E-state index contributed by atoms with van der Waals surface area (Å²) in [6, 6.07) is 5.16. The second-order valence-electron chi connectivity index (χ2n) is 6.55. The number of H-pyrrole nitrogens is 1. The van der Waals surface area contributed by atoms with Gasteiger partial charge in [0.05, 0.1) is 12.7 Å². The Morgan fingerprint density at radius 1 is 1.44 bits per heavy atom. The number of anilines is 1. The standard InChI is InChI=1S/C18H18FN5O/c1-11-15(8-21-22-11)13-3-2-4-16-14(13)5-6-24(16)18(25)17-7-12(19)9-23(17)10-20/h2-4,8,12,17H,5-7,9H2,1H3,(H,21,22). The summed E-state index contributed by atoms with van der Waals surface area (Å²) in [5.41, 5.74) is 5.01. The van der Waals surface area contributed by atoms with E-state index in [4.69, 9.17) is 5.26 Å². The van der Waals surface area contributed by atoms with E-state index in [1.807, 2.05) is 31.3 Å². The van der Waals surface area contributed by atoms with Crippen molar-refractivity contribution in [3.8, 4) is 17.3 Å². The maximum Gasteiger partial charge on any atom is 0.250 e. The summed E-state index contributed by atoms with van der Waals surface area (Å²) >= 11 is 0. The van der Waals surface area contributed by atoms with E-state index >= 15 is 0 Å². The van der Waals surface area contributed by atoms with Crippen LogP contribution in [0.5, 0.6) is 0 Å². The van der Waals surface area contributed by atoms with Crippen LogP contribution in [0.2, 0.25) is 0 Å². The molecule has 1 aromatic heterocycles. The quantitative estimate of drug-likeness (QED) is 0.851. The summed E-state index contributed by atoms with van der Waals surface area (Å²) in [4.78, 5) is 15.9. The Balaban J connectivity index is 1.68. The fraction of sp³-hybridized carbons (Fsp3) is 0.389. The van der Waals surface area contributed by atoms with Crippen LogP contribution >= 0.6 is 0 Å². The molecule has 4 rings (SSSR count). The molecule has 1 aromatic carbocycles. The number of aryl methyl sites for hydroxylation is 1. The van der Waals surface area contributed by atoms with Gasteiger partial charge in [0, 0.05) is 29.9 Å². The van der Waals surface area contributed by atoms with Crippen molar-refractivity contribution in [2.75, 3.05) is 18.0 Å². The van der Waals surface area contributed by atoms with Crippen LogP contribution in [0.15, 0.2) is 24.4 Å². The highest BCUT2D eigenvalue weighted by atomic mass is 19.1. The van der Waals surface area contributed by atoms with Gasteiger partial charge in [-0.3, -0.25) is 14.8 Å². The van der Waals surface area contributed by atoms with Crippen LogP contribution < -0.4 is 4.90 Å². The van der Waals surface area contributed by atoms with Gasteiger partial charge < -0.3 is 4.90 Å². The smallest absolute Gasteiger partial charge is 0.250 e.